The highest BCUT2D eigenvalue weighted by molar-refractivity contribution is 8.02. The summed E-state index contributed by atoms with van der Waals surface area (Å²) in [5.74, 6) is -2.81. The topological polar surface area (TPSA) is 98.2 Å². The molecule has 178 valence electrons. The molecule has 0 saturated carbocycles. The first-order valence-electron chi connectivity index (χ1n) is 11.6. The van der Waals surface area contributed by atoms with Gasteiger partial charge in [-0.15, -0.1) is 18.3 Å². The van der Waals surface area contributed by atoms with E-state index in [4.69, 9.17) is 0 Å². The number of aryl methyl sites for hydroxylation is 2. The van der Waals surface area contributed by atoms with Crippen LogP contribution in [0.2, 0.25) is 0 Å². The Morgan fingerprint density at radius 1 is 1.33 bits per heavy atom. The number of rotatable bonds is 9. The lowest BCUT2D eigenvalue weighted by atomic mass is 9.71. The van der Waals surface area contributed by atoms with Crippen LogP contribution in [-0.2, 0) is 14.4 Å². The van der Waals surface area contributed by atoms with Crippen LogP contribution >= 0.6 is 11.8 Å². The van der Waals surface area contributed by atoms with Crippen molar-refractivity contribution in [3.63, 3.8) is 0 Å². The number of hydrogen-bond acceptors (Lipinski definition) is 5. The van der Waals surface area contributed by atoms with Gasteiger partial charge in [-0.1, -0.05) is 18.2 Å². The predicted molar refractivity (Wildman–Crippen MR) is 128 cm³/mol. The molecular formula is C25H32N2O5S. The van der Waals surface area contributed by atoms with E-state index >= 15 is 0 Å². The molecule has 3 saturated heterocycles. The van der Waals surface area contributed by atoms with Gasteiger partial charge in [-0.25, -0.2) is 0 Å². The van der Waals surface area contributed by atoms with Crippen molar-refractivity contribution in [2.45, 2.75) is 55.6 Å². The Morgan fingerprint density at radius 3 is 2.76 bits per heavy atom. The summed E-state index contributed by atoms with van der Waals surface area (Å²) in [6.45, 7) is 8.41. The highest BCUT2D eigenvalue weighted by Crippen LogP contribution is 2.66. The third kappa shape index (κ3) is 3.77. The summed E-state index contributed by atoms with van der Waals surface area (Å²) in [6, 6.07) is 5.21. The molecule has 2 unspecified atom stereocenters. The van der Waals surface area contributed by atoms with E-state index in [1.54, 1.807) is 27.6 Å². The molecular weight excluding hydrogens is 440 g/mol. The number of anilines is 1. The Hall–Kier alpha value is -2.32. The zero-order chi connectivity index (χ0) is 23.9. The fourth-order valence-electron chi connectivity index (χ4n) is 5.94. The Labute approximate surface area is 198 Å². The first kappa shape index (κ1) is 23.8. The molecule has 7 nitrogen and oxygen atoms in total. The van der Waals surface area contributed by atoms with Crippen molar-refractivity contribution in [2.24, 2.45) is 11.8 Å². The third-order valence-corrected chi connectivity index (χ3v) is 9.31. The van der Waals surface area contributed by atoms with Gasteiger partial charge in [-0.3, -0.25) is 14.4 Å². The number of aliphatic hydroxyl groups excluding tert-OH is 1. The smallest absolute Gasteiger partial charge is 0.308 e. The van der Waals surface area contributed by atoms with Gasteiger partial charge in [-0.05, 0) is 56.7 Å². The van der Waals surface area contributed by atoms with Crippen LogP contribution in [0.4, 0.5) is 5.69 Å². The van der Waals surface area contributed by atoms with Crippen molar-refractivity contribution < 1.29 is 24.6 Å². The molecule has 3 heterocycles. The van der Waals surface area contributed by atoms with Crippen LogP contribution in [0.15, 0.2) is 30.9 Å². The Morgan fingerprint density at radius 2 is 2.09 bits per heavy atom. The van der Waals surface area contributed by atoms with Crippen LogP contribution in [0.25, 0.3) is 0 Å². The van der Waals surface area contributed by atoms with Gasteiger partial charge in [0.15, 0.2) is 0 Å². The number of hydrogen-bond donors (Lipinski definition) is 2. The molecule has 2 bridgehead atoms. The maximum absolute atomic E-state index is 14.3. The summed E-state index contributed by atoms with van der Waals surface area (Å²) in [5.41, 5.74) is 2.76. The van der Waals surface area contributed by atoms with E-state index in [9.17, 15) is 24.6 Å². The second-order valence-electron chi connectivity index (χ2n) is 9.38. The van der Waals surface area contributed by atoms with Crippen LogP contribution in [0.1, 0.15) is 36.8 Å². The molecule has 4 rings (SSSR count). The van der Waals surface area contributed by atoms with Crippen molar-refractivity contribution in [1.82, 2.24) is 4.90 Å². The number of aliphatic carboxylic acids is 1. The maximum atomic E-state index is 14.3. The molecule has 1 spiro atoms. The average molecular weight is 473 g/mol. The second-order valence-corrected chi connectivity index (χ2v) is 11.0. The number of fused-ring (bicyclic) bond motifs is 1. The Balaban J connectivity index is 1.78. The first-order valence-corrected chi connectivity index (χ1v) is 12.5. The Kier molecular flexibility index (Phi) is 6.60. The standard InChI is InChI=1S/C25H32N2O5S/c1-4-11-26(17-14-15(2)7-8-16(17)3)23(30)21-25-10-9-18(33-25)19(24(31)32)20(25)22(29)27(21)12-5-6-13-28/h4,7-8,14,18-21,28H,1,5-6,9-13H2,2-3H3,(H,31,32)/t18-,19+,20+,21?,25?/m1/s1. The minimum absolute atomic E-state index is 0.00880. The molecule has 1 aromatic rings. The maximum Gasteiger partial charge on any atom is 0.308 e. The van der Waals surface area contributed by atoms with Crippen LogP contribution < -0.4 is 4.90 Å². The summed E-state index contributed by atoms with van der Waals surface area (Å²) in [4.78, 5) is 43.3. The normalized spacial score (nSPS) is 29.9. The lowest BCUT2D eigenvalue weighted by Crippen LogP contribution is -2.55. The Bertz CT molecular complexity index is 982. The number of carbonyl (C=O) groups is 3. The number of thioether (sulfide) groups is 1. The minimum atomic E-state index is -0.951. The molecule has 0 aliphatic carbocycles. The zero-order valence-electron chi connectivity index (χ0n) is 19.2. The van der Waals surface area contributed by atoms with Gasteiger partial charge in [-0.2, -0.15) is 0 Å². The molecule has 2 amide bonds. The van der Waals surface area contributed by atoms with E-state index in [1.807, 2.05) is 32.0 Å². The van der Waals surface area contributed by atoms with Gasteiger partial charge in [0.25, 0.3) is 5.91 Å². The van der Waals surface area contributed by atoms with Crippen molar-refractivity contribution in [3.05, 3.63) is 42.0 Å². The molecule has 5 atom stereocenters. The quantitative estimate of drug-likeness (QED) is 0.424. The van der Waals surface area contributed by atoms with Gasteiger partial charge in [0.05, 0.1) is 16.6 Å². The highest BCUT2D eigenvalue weighted by Gasteiger charge is 2.74. The van der Waals surface area contributed by atoms with E-state index in [-0.39, 0.29) is 23.7 Å². The summed E-state index contributed by atoms with van der Waals surface area (Å²) >= 11 is 1.54. The van der Waals surface area contributed by atoms with E-state index in [0.717, 1.165) is 16.8 Å². The second kappa shape index (κ2) is 9.14. The van der Waals surface area contributed by atoms with Crippen LogP contribution in [0.5, 0.6) is 0 Å². The molecule has 33 heavy (non-hydrogen) atoms. The summed E-state index contributed by atoms with van der Waals surface area (Å²) in [6.07, 6.45) is 4.12. The first-order chi connectivity index (χ1) is 15.8. The third-order valence-electron chi connectivity index (χ3n) is 7.36. The van der Waals surface area contributed by atoms with Crippen molar-refractivity contribution in [2.75, 3.05) is 24.6 Å². The molecule has 3 fully saturated rings. The number of carboxylic acids is 1. The number of aliphatic hydroxyl groups is 1. The average Bonchev–Trinajstić information content (AvgIpc) is 3.41. The number of carbonyl (C=O) groups excluding carboxylic acids is 2. The molecule has 0 aromatic heterocycles. The van der Waals surface area contributed by atoms with Crippen LogP contribution in [0.3, 0.4) is 0 Å². The predicted octanol–water partition coefficient (Wildman–Crippen LogP) is 2.77. The lowest BCUT2D eigenvalue weighted by Gasteiger charge is -2.37. The van der Waals surface area contributed by atoms with Crippen molar-refractivity contribution in [1.29, 1.82) is 0 Å². The van der Waals surface area contributed by atoms with E-state index in [0.29, 0.717) is 38.8 Å². The van der Waals surface area contributed by atoms with Crippen LogP contribution in [0, 0.1) is 25.7 Å². The van der Waals surface area contributed by atoms with Gasteiger partial charge >= 0.3 is 5.97 Å². The van der Waals surface area contributed by atoms with Crippen molar-refractivity contribution >= 4 is 35.2 Å². The van der Waals surface area contributed by atoms with Crippen molar-refractivity contribution in [3.8, 4) is 0 Å². The summed E-state index contributed by atoms with van der Waals surface area (Å²) < 4.78 is -0.724. The SMILES string of the molecule is C=CCN(C(=O)C1N(CCCCO)C(=O)[C@@H]2[C@@H](C(=O)O)[C@H]3CCC12S3)c1cc(C)ccc1C. The largest absolute Gasteiger partial charge is 0.481 e. The number of unbranched alkanes of at least 4 members (excludes halogenated alkanes) is 1. The number of nitrogens with zero attached hydrogens (tertiary/aromatic N) is 2. The molecule has 0 radical (unpaired) electrons. The fourth-order valence-corrected chi connectivity index (χ4v) is 8.15. The highest BCUT2D eigenvalue weighted by atomic mass is 32.2. The fraction of sp³-hybridized carbons (Fsp3) is 0.560. The number of amides is 2. The molecule has 8 heteroatoms. The molecule has 1 aromatic carbocycles. The summed E-state index contributed by atoms with van der Waals surface area (Å²) in [7, 11) is 0. The zero-order valence-corrected chi connectivity index (χ0v) is 20.0. The minimum Gasteiger partial charge on any atom is -0.481 e. The van der Waals surface area contributed by atoms with Crippen LogP contribution in [-0.4, -0.2) is 68.6 Å². The number of benzene rings is 1. The number of carboxylic acid groups (broad SMARTS) is 1. The summed E-state index contributed by atoms with van der Waals surface area (Å²) in [5, 5.41) is 19.0. The number of likely N-dealkylation sites (tertiary alicyclic amines) is 1. The van der Waals surface area contributed by atoms with Gasteiger partial charge in [0.1, 0.15) is 6.04 Å². The monoisotopic (exact) mass is 472 g/mol. The van der Waals surface area contributed by atoms with Gasteiger partial charge < -0.3 is 20.0 Å². The van der Waals surface area contributed by atoms with E-state index < -0.39 is 28.6 Å². The van der Waals surface area contributed by atoms with Gasteiger partial charge in [0.2, 0.25) is 5.91 Å². The molecule has 2 N–H and O–H groups in total. The van der Waals surface area contributed by atoms with Gasteiger partial charge in [0, 0.05) is 30.6 Å². The molecule has 3 aliphatic rings. The van der Waals surface area contributed by atoms with E-state index in [2.05, 4.69) is 6.58 Å². The molecule has 3 aliphatic heterocycles. The van der Waals surface area contributed by atoms with E-state index in [1.165, 1.54) is 0 Å². The lowest BCUT2D eigenvalue weighted by molar-refractivity contribution is -0.148.